The van der Waals surface area contributed by atoms with Crippen LogP contribution in [0.25, 0.3) is 10.9 Å². The van der Waals surface area contributed by atoms with Gasteiger partial charge in [-0.2, -0.15) is 0 Å². The maximum absolute atomic E-state index is 13.3. The number of fused-ring (bicyclic) bond motifs is 3. The van der Waals surface area contributed by atoms with Crippen LogP contribution in [0.2, 0.25) is 0 Å². The van der Waals surface area contributed by atoms with Gasteiger partial charge in [0.15, 0.2) is 0 Å². The van der Waals surface area contributed by atoms with E-state index in [0.29, 0.717) is 5.92 Å². The number of hydrogen-bond acceptors (Lipinski definition) is 3. The molecule has 2 aromatic carbocycles. The molecule has 5 nitrogen and oxygen atoms in total. The molecule has 0 spiro atoms. The van der Waals surface area contributed by atoms with Crippen molar-refractivity contribution in [2.75, 3.05) is 13.1 Å². The van der Waals surface area contributed by atoms with Crippen LogP contribution < -0.4 is 5.32 Å². The largest absolute Gasteiger partial charge is 0.358 e. The van der Waals surface area contributed by atoms with Crippen molar-refractivity contribution in [2.45, 2.75) is 64.0 Å². The summed E-state index contributed by atoms with van der Waals surface area (Å²) in [6.07, 6.45) is 10.2. The van der Waals surface area contributed by atoms with E-state index in [-0.39, 0.29) is 14.8 Å². The van der Waals surface area contributed by atoms with E-state index in [9.17, 15) is 4.79 Å². The highest BCUT2D eigenvalue weighted by Crippen LogP contribution is 2.36. The predicted molar refractivity (Wildman–Crippen MR) is 153 cm³/mol. The number of nitrogens with one attached hydrogen (secondary N) is 2. The quantitative estimate of drug-likeness (QED) is 0.313. The van der Waals surface area contributed by atoms with Crippen molar-refractivity contribution in [3.8, 4) is 0 Å². The Balaban J connectivity index is 0.00000176. The molecule has 5 heteroatoms. The van der Waals surface area contributed by atoms with Crippen molar-refractivity contribution in [1.29, 1.82) is 0 Å². The van der Waals surface area contributed by atoms with Crippen LogP contribution >= 0.6 is 0 Å². The fraction of sp³-hybridized carbons (Fsp3) is 0.375. The first kappa shape index (κ1) is 23.9. The summed E-state index contributed by atoms with van der Waals surface area (Å²) >= 11 is 0. The lowest BCUT2D eigenvalue weighted by atomic mass is 9.89. The van der Waals surface area contributed by atoms with Crippen molar-refractivity contribution in [3.05, 3.63) is 101 Å². The lowest BCUT2D eigenvalue weighted by Gasteiger charge is -2.32. The summed E-state index contributed by atoms with van der Waals surface area (Å²) in [5.74, 6) is 0.571. The van der Waals surface area contributed by atoms with E-state index in [1.165, 1.54) is 46.2 Å². The summed E-state index contributed by atoms with van der Waals surface area (Å²) in [4.78, 5) is 23.6. The second kappa shape index (κ2) is 10.5. The molecule has 1 amide bonds. The van der Waals surface area contributed by atoms with Gasteiger partial charge in [0.05, 0.1) is 0 Å². The number of aromatic amines is 1. The van der Waals surface area contributed by atoms with Crippen molar-refractivity contribution >= 4 is 16.8 Å². The lowest BCUT2D eigenvalue weighted by Crippen LogP contribution is -2.44. The number of nitrogens with zero attached hydrogens (tertiary/aromatic N) is 2. The van der Waals surface area contributed by atoms with Gasteiger partial charge in [0, 0.05) is 63.1 Å². The van der Waals surface area contributed by atoms with E-state index in [0.717, 1.165) is 56.4 Å². The van der Waals surface area contributed by atoms with Gasteiger partial charge in [-0.15, -0.1) is 0 Å². The zero-order valence-electron chi connectivity index (χ0n) is 21.7. The van der Waals surface area contributed by atoms with Crippen LogP contribution in [0.1, 0.15) is 72.8 Å². The van der Waals surface area contributed by atoms with E-state index in [1.807, 2.05) is 24.5 Å². The first-order valence-corrected chi connectivity index (χ1v) is 13.7. The molecule has 1 aliphatic carbocycles. The Bertz CT molecular complexity index is 1380. The molecule has 194 valence electrons. The Morgan fingerprint density at radius 1 is 1.11 bits per heavy atom. The molecule has 1 unspecified atom stereocenters. The van der Waals surface area contributed by atoms with Gasteiger partial charge in [0.25, 0.3) is 5.91 Å². The summed E-state index contributed by atoms with van der Waals surface area (Å²) in [7, 11) is 0. The highest BCUT2D eigenvalue weighted by Gasteiger charge is 2.24. The van der Waals surface area contributed by atoms with Crippen molar-refractivity contribution in [2.24, 2.45) is 0 Å². The van der Waals surface area contributed by atoms with Crippen LogP contribution in [0.5, 0.6) is 0 Å². The number of aromatic nitrogens is 2. The fourth-order valence-electron chi connectivity index (χ4n) is 6.14. The van der Waals surface area contributed by atoms with Gasteiger partial charge >= 0.3 is 0 Å². The lowest BCUT2D eigenvalue weighted by molar-refractivity contribution is 0.0909. The third kappa shape index (κ3) is 5.33. The predicted octanol–water partition coefficient (Wildman–Crippen LogP) is 6.42. The van der Waals surface area contributed by atoms with E-state index < -0.39 is 0 Å². The molecule has 0 saturated carbocycles. The standard InChI is InChI=1S/C32H36N4O.2H2/c1-22-7-9-24(10-8-22)25-5-2-6-30-28(18-25)29-19-26(11-12-31(29)35-30)32(37)34-27-13-16-36(17-14-27)21-23-4-3-15-33-20-23;;/h3-4,7-12,15,19-20,25,27,35H,2,5-6,13-14,16-18,21H2,1H3,(H,34,37);2*1H. The molecule has 1 saturated heterocycles. The van der Waals surface area contributed by atoms with Gasteiger partial charge in [-0.25, -0.2) is 0 Å². The molecule has 37 heavy (non-hydrogen) atoms. The Kier molecular flexibility index (Phi) is 6.79. The van der Waals surface area contributed by atoms with E-state index in [1.54, 1.807) is 0 Å². The fourth-order valence-corrected chi connectivity index (χ4v) is 6.14. The summed E-state index contributed by atoms with van der Waals surface area (Å²) in [6.45, 7) is 5.05. The molecular weight excluding hydrogens is 456 g/mol. The molecule has 4 aromatic rings. The Labute approximate surface area is 222 Å². The Hall–Kier alpha value is -3.44. The highest BCUT2D eigenvalue weighted by atomic mass is 16.1. The zero-order chi connectivity index (χ0) is 25.2. The third-order valence-electron chi connectivity index (χ3n) is 8.29. The number of rotatable bonds is 5. The zero-order valence-corrected chi connectivity index (χ0v) is 21.7. The molecular formula is C32H40N4O. The summed E-state index contributed by atoms with van der Waals surface area (Å²) in [5.41, 5.74) is 8.64. The van der Waals surface area contributed by atoms with Gasteiger partial charge in [0.1, 0.15) is 0 Å². The molecule has 3 heterocycles. The highest BCUT2D eigenvalue weighted by molar-refractivity contribution is 5.99. The summed E-state index contributed by atoms with van der Waals surface area (Å²) < 4.78 is 0. The number of pyridine rings is 1. The average molecular weight is 497 g/mol. The van der Waals surface area contributed by atoms with E-state index in [4.69, 9.17) is 0 Å². The molecule has 1 fully saturated rings. The van der Waals surface area contributed by atoms with Crippen LogP contribution in [0, 0.1) is 6.92 Å². The third-order valence-corrected chi connectivity index (χ3v) is 8.29. The van der Waals surface area contributed by atoms with Crippen LogP contribution in [-0.4, -0.2) is 39.9 Å². The molecule has 0 bridgehead atoms. The topological polar surface area (TPSA) is 61.0 Å². The molecule has 6 rings (SSSR count). The second-order valence-electron chi connectivity index (χ2n) is 10.9. The second-order valence-corrected chi connectivity index (χ2v) is 10.9. The average Bonchev–Trinajstić information content (AvgIpc) is 3.12. The number of amides is 1. The molecule has 2 N–H and O–H groups in total. The summed E-state index contributed by atoms with van der Waals surface area (Å²) in [5, 5.41) is 4.54. The van der Waals surface area contributed by atoms with Crippen molar-refractivity contribution < 1.29 is 7.65 Å². The molecule has 1 atom stereocenters. The maximum atomic E-state index is 13.3. The monoisotopic (exact) mass is 496 g/mol. The van der Waals surface area contributed by atoms with Crippen LogP contribution in [0.15, 0.2) is 67.0 Å². The number of hydrogen-bond donors (Lipinski definition) is 2. The van der Waals surface area contributed by atoms with Gasteiger partial charge < -0.3 is 10.3 Å². The van der Waals surface area contributed by atoms with E-state index in [2.05, 4.69) is 69.6 Å². The molecule has 0 radical (unpaired) electrons. The number of benzene rings is 2. The number of piperidine rings is 1. The Morgan fingerprint density at radius 3 is 2.73 bits per heavy atom. The summed E-state index contributed by atoms with van der Waals surface area (Å²) in [6, 6.07) is 19.6. The number of carbonyl (C=O) groups is 1. The maximum Gasteiger partial charge on any atom is 0.251 e. The number of aryl methyl sites for hydroxylation is 2. The Morgan fingerprint density at radius 2 is 1.95 bits per heavy atom. The van der Waals surface area contributed by atoms with Crippen LogP contribution in [0.3, 0.4) is 0 Å². The molecule has 2 aliphatic rings. The normalized spacial score (nSPS) is 18.9. The number of H-pyrrole nitrogens is 1. The first-order chi connectivity index (χ1) is 18.1. The first-order valence-electron chi connectivity index (χ1n) is 13.7. The van der Waals surface area contributed by atoms with Crippen molar-refractivity contribution in [1.82, 2.24) is 20.2 Å². The molecule has 1 aliphatic heterocycles. The minimum Gasteiger partial charge on any atom is -0.358 e. The number of likely N-dealkylation sites (tertiary alicyclic amines) is 1. The van der Waals surface area contributed by atoms with Gasteiger partial charge in [-0.1, -0.05) is 35.9 Å². The SMILES string of the molecule is Cc1ccc(C2CCCc3[nH]c4ccc(C(=O)NC5CCN(Cc6cccnc6)CC5)cc4c3C2)cc1.[HH].[HH]. The smallest absolute Gasteiger partial charge is 0.251 e. The van der Waals surface area contributed by atoms with Crippen LogP contribution in [0.4, 0.5) is 0 Å². The van der Waals surface area contributed by atoms with Crippen molar-refractivity contribution in [3.63, 3.8) is 0 Å². The van der Waals surface area contributed by atoms with E-state index >= 15 is 0 Å². The van der Waals surface area contributed by atoms with Crippen LogP contribution in [-0.2, 0) is 19.4 Å². The van der Waals surface area contributed by atoms with Gasteiger partial charge in [-0.3, -0.25) is 14.7 Å². The number of carbonyl (C=O) groups excluding carboxylic acids is 1. The molecule has 2 aromatic heterocycles. The van der Waals surface area contributed by atoms with Gasteiger partial charge in [-0.05, 0) is 92.3 Å². The minimum absolute atomic E-state index is 0. The van der Waals surface area contributed by atoms with Gasteiger partial charge in [0.2, 0.25) is 0 Å². The minimum atomic E-state index is 0.